The van der Waals surface area contributed by atoms with E-state index in [1.807, 2.05) is 6.92 Å². The zero-order chi connectivity index (χ0) is 13.0. The molecule has 0 N–H and O–H groups in total. The second-order valence-corrected chi connectivity index (χ2v) is 5.73. The summed E-state index contributed by atoms with van der Waals surface area (Å²) in [6.07, 6.45) is 1.03. The molecule has 98 valence electrons. The molecule has 1 heterocycles. The molecule has 0 bridgehead atoms. The summed E-state index contributed by atoms with van der Waals surface area (Å²) in [4.78, 5) is 15.4. The highest BCUT2D eigenvalue weighted by atomic mass is 79.9. The highest BCUT2D eigenvalue weighted by Gasteiger charge is 2.20. The summed E-state index contributed by atoms with van der Waals surface area (Å²) in [6, 6.07) is 8.54. The molecule has 3 nitrogen and oxygen atoms in total. The van der Waals surface area contributed by atoms with Crippen molar-refractivity contribution in [1.82, 2.24) is 9.80 Å². The molecule has 2 rings (SSSR count). The van der Waals surface area contributed by atoms with Crippen LogP contribution in [0.3, 0.4) is 0 Å². The molecule has 1 aliphatic rings. The fraction of sp³-hybridized carbons (Fsp3) is 0.500. The van der Waals surface area contributed by atoms with E-state index in [1.54, 1.807) is 0 Å². The Kier molecular flexibility index (Phi) is 4.92. The van der Waals surface area contributed by atoms with Gasteiger partial charge in [0.15, 0.2) is 0 Å². The smallest absolute Gasteiger partial charge is 0.136 e. The molecule has 1 saturated heterocycles. The lowest BCUT2D eigenvalue weighted by molar-refractivity contribution is -0.112. The van der Waals surface area contributed by atoms with Gasteiger partial charge in [0.1, 0.15) is 6.29 Å². The molecule has 18 heavy (non-hydrogen) atoms. The third-order valence-corrected chi connectivity index (χ3v) is 4.03. The number of carbonyl (C=O) groups excluding carboxylic acids is 1. The summed E-state index contributed by atoms with van der Waals surface area (Å²) in [5.74, 6) is 0. The van der Waals surface area contributed by atoms with Gasteiger partial charge in [0, 0.05) is 37.2 Å². The summed E-state index contributed by atoms with van der Waals surface area (Å²) in [6.45, 7) is 7.00. The van der Waals surface area contributed by atoms with Crippen LogP contribution in [0.25, 0.3) is 0 Å². The molecule has 1 aromatic rings. The number of piperazine rings is 1. The molecule has 1 atom stereocenters. The Balaban J connectivity index is 1.83. The second kappa shape index (κ2) is 6.45. The Bertz CT molecular complexity index is 385. The number of benzene rings is 1. The molecular formula is C14H19BrN2O. The summed E-state index contributed by atoms with van der Waals surface area (Å²) >= 11 is 3.45. The molecule has 0 radical (unpaired) electrons. The number of halogens is 1. The van der Waals surface area contributed by atoms with E-state index in [0.717, 1.165) is 43.5 Å². The molecule has 1 aliphatic heterocycles. The van der Waals surface area contributed by atoms with E-state index in [4.69, 9.17) is 0 Å². The predicted octanol–water partition coefficient (Wildman–Crippen LogP) is 2.15. The third-order valence-electron chi connectivity index (χ3n) is 3.50. The zero-order valence-corrected chi connectivity index (χ0v) is 12.3. The minimum Gasteiger partial charge on any atom is -0.302 e. The normalized spacial score (nSPS) is 19.7. The van der Waals surface area contributed by atoms with E-state index in [1.165, 1.54) is 5.56 Å². The minimum absolute atomic E-state index is 0.0554. The Hall–Kier alpha value is -0.710. The van der Waals surface area contributed by atoms with Gasteiger partial charge in [-0.25, -0.2) is 0 Å². The molecule has 4 heteroatoms. The number of aldehydes is 1. The van der Waals surface area contributed by atoms with E-state index >= 15 is 0 Å². The number of carbonyl (C=O) groups is 1. The van der Waals surface area contributed by atoms with Crippen LogP contribution in [0.2, 0.25) is 0 Å². The van der Waals surface area contributed by atoms with Crippen molar-refractivity contribution < 1.29 is 4.79 Å². The molecule has 0 aliphatic carbocycles. The first-order valence-corrected chi connectivity index (χ1v) is 7.14. The van der Waals surface area contributed by atoms with Gasteiger partial charge in [-0.1, -0.05) is 28.1 Å². The van der Waals surface area contributed by atoms with Gasteiger partial charge in [-0.15, -0.1) is 0 Å². The van der Waals surface area contributed by atoms with Crippen molar-refractivity contribution in [3.8, 4) is 0 Å². The maximum atomic E-state index is 10.7. The average molecular weight is 311 g/mol. The van der Waals surface area contributed by atoms with Crippen molar-refractivity contribution >= 4 is 22.2 Å². The summed E-state index contributed by atoms with van der Waals surface area (Å²) in [7, 11) is 0. The first-order chi connectivity index (χ1) is 8.69. The third kappa shape index (κ3) is 3.64. The summed E-state index contributed by atoms with van der Waals surface area (Å²) < 4.78 is 1.12. The van der Waals surface area contributed by atoms with Crippen LogP contribution < -0.4 is 0 Å². The second-order valence-electron chi connectivity index (χ2n) is 4.82. The highest BCUT2D eigenvalue weighted by Crippen LogP contribution is 2.13. The van der Waals surface area contributed by atoms with Crippen molar-refractivity contribution in [1.29, 1.82) is 0 Å². The summed E-state index contributed by atoms with van der Waals surface area (Å²) in [5, 5.41) is 0. The van der Waals surface area contributed by atoms with Crippen LogP contribution in [0.15, 0.2) is 28.7 Å². The van der Waals surface area contributed by atoms with Crippen LogP contribution in [0.1, 0.15) is 12.5 Å². The van der Waals surface area contributed by atoms with Crippen molar-refractivity contribution in [3.05, 3.63) is 34.3 Å². The van der Waals surface area contributed by atoms with Gasteiger partial charge in [-0.05, 0) is 24.6 Å². The zero-order valence-electron chi connectivity index (χ0n) is 10.7. The van der Waals surface area contributed by atoms with Crippen LogP contribution in [0.4, 0.5) is 0 Å². The maximum Gasteiger partial charge on any atom is 0.136 e. The van der Waals surface area contributed by atoms with Crippen LogP contribution >= 0.6 is 15.9 Å². The van der Waals surface area contributed by atoms with Crippen LogP contribution in [0, 0.1) is 0 Å². The van der Waals surface area contributed by atoms with Gasteiger partial charge in [0.25, 0.3) is 0 Å². The first kappa shape index (κ1) is 13.7. The quantitative estimate of drug-likeness (QED) is 0.796. The topological polar surface area (TPSA) is 23.6 Å². The lowest BCUT2D eigenvalue weighted by atomic mass is 10.2. The summed E-state index contributed by atoms with van der Waals surface area (Å²) in [5.41, 5.74) is 1.34. The van der Waals surface area contributed by atoms with Crippen LogP contribution in [-0.2, 0) is 11.3 Å². The SMILES string of the molecule is CC(C=O)N1CCN(Cc2ccc(Br)cc2)CC1. The molecule has 0 amide bonds. The van der Waals surface area contributed by atoms with E-state index in [0.29, 0.717) is 0 Å². The van der Waals surface area contributed by atoms with Gasteiger partial charge in [0.05, 0.1) is 6.04 Å². The minimum atomic E-state index is 0.0554. The maximum absolute atomic E-state index is 10.7. The first-order valence-electron chi connectivity index (χ1n) is 6.35. The van der Waals surface area contributed by atoms with Gasteiger partial charge in [0.2, 0.25) is 0 Å². The van der Waals surface area contributed by atoms with Crippen molar-refractivity contribution in [2.24, 2.45) is 0 Å². The van der Waals surface area contributed by atoms with Gasteiger partial charge < -0.3 is 4.79 Å². The van der Waals surface area contributed by atoms with Crippen molar-refractivity contribution in [2.75, 3.05) is 26.2 Å². The molecule has 0 aromatic heterocycles. The molecule has 0 saturated carbocycles. The Labute approximate surface area is 117 Å². The molecule has 1 fully saturated rings. The van der Waals surface area contributed by atoms with Gasteiger partial charge in [-0.3, -0.25) is 9.80 Å². The number of rotatable bonds is 4. The number of hydrogen-bond donors (Lipinski definition) is 0. The standard InChI is InChI=1S/C14H19BrN2O/c1-12(11-18)17-8-6-16(7-9-17)10-13-2-4-14(15)5-3-13/h2-5,11-12H,6-10H2,1H3. The predicted molar refractivity (Wildman–Crippen MR) is 76.5 cm³/mol. The fourth-order valence-electron chi connectivity index (χ4n) is 2.26. The van der Waals surface area contributed by atoms with E-state index in [9.17, 15) is 4.79 Å². The van der Waals surface area contributed by atoms with Gasteiger partial charge in [-0.2, -0.15) is 0 Å². The largest absolute Gasteiger partial charge is 0.302 e. The molecular weight excluding hydrogens is 292 g/mol. The molecule has 1 unspecified atom stereocenters. The molecule has 0 spiro atoms. The van der Waals surface area contributed by atoms with Crippen LogP contribution in [0.5, 0.6) is 0 Å². The molecule has 1 aromatic carbocycles. The van der Waals surface area contributed by atoms with E-state index in [2.05, 4.69) is 50.0 Å². The van der Waals surface area contributed by atoms with Crippen LogP contribution in [-0.4, -0.2) is 48.3 Å². The number of hydrogen-bond acceptors (Lipinski definition) is 3. The Morgan fingerprint density at radius 1 is 1.22 bits per heavy atom. The van der Waals surface area contributed by atoms with Gasteiger partial charge >= 0.3 is 0 Å². The lowest BCUT2D eigenvalue weighted by Gasteiger charge is -2.36. The highest BCUT2D eigenvalue weighted by molar-refractivity contribution is 9.10. The fourth-order valence-corrected chi connectivity index (χ4v) is 2.53. The Morgan fingerprint density at radius 2 is 1.83 bits per heavy atom. The van der Waals surface area contributed by atoms with E-state index < -0.39 is 0 Å². The number of nitrogens with zero attached hydrogens (tertiary/aromatic N) is 2. The van der Waals surface area contributed by atoms with Crippen molar-refractivity contribution in [2.45, 2.75) is 19.5 Å². The van der Waals surface area contributed by atoms with Crippen molar-refractivity contribution in [3.63, 3.8) is 0 Å². The average Bonchev–Trinajstić information content (AvgIpc) is 2.41. The lowest BCUT2D eigenvalue weighted by Crippen LogP contribution is -2.49. The van der Waals surface area contributed by atoms with E-state index in [-0.39, 0.29) is 6.04 Å². The Morgan fingerprint density at radius 3 is 2.39 bits per heavy atom. The monoisotopic (exact) mass is 310 g/mol.